The molecule has 0 saturated carbocycles. The van der Waals surface area contributed by atoms with E-state index in [9.17, 15) is 8.42 Å². The highest BCUT2D eigenvalue weighted by Gasteiger charge is 2.28. The van der Waals surface area contributed by atoms with Crippen LogP contribution in [0.1, 0.15) is 18.9 Å². The molecular formula is C15H22N2O2S. The second kappa shape index (κ2) is 5.37. The van der Waals surface area contributed by atoms with Gasteiger partial charge in [-0.05, 0) is 31.4 Å². The quantitative estimate of drug-likeness (QED) is 0.907. The van der Waals surface area contributed by atoms with Crippen molar-refractivity contribution in [2.24, 2.45) is 0 Å². The first-order chi connectivity index (χ1) is 9.55. The van der Waals surface area contributed by atoms with Crippen LogP contribution in [-0.4, -0.2) is 45.1 Å². The fraction of sp³-hybridized carbons (Fsp3) is 0.600. The maximum Gasteiger partial charge on any atom is 0.151 e. The van der Waals surface area contributed by atoms with Crippen LogP contribution in [0.15, 0.2) is 24.3 Å². The minimum absolute atomic E-state index is 0.146. The molecule has 20 heavy (non-hydrogen) atoms. The van der Waals surface area contributed by atoms with E-state index >= 15 is 0 Å². The highest BCUT2D eigenvalue weighted by molar-refractivity contribution is 7.91. The maximum atomic E-state index is 11.4. The first-order valence-electron chi connectivity index (χ1n) is 7.33. The van der Waals surface area contributed by atoms with Crippen molar-refractivity contribution in [3.8, 4) is 0 Å². The third-order valence-electron chi connectivity index (χ3n) is 4.37. The van der Waals surface area contributed by atoms with E-state index in [-0.39, 0.29) is 6.04 Å². The van der Waals surface area contributed by atoms with Gasteiger partial charge in [0, 0.05) is 30.9 Å². The van der Waals surface area contributed by atoms with E-state index in [0.29, 0.717) is 17.5 Å². The molecule has 0 aromatic heterocycles. The summed E-state index contributed by atoms with van der Waals surface area (Å²) >= 11 is 0. The topological polar surface area (TPSA) is 49.4 Å². The van der Waals surface area contributed by atoms with Crippen LogP contribution in [-0.2, 0) is 16.3 Å². The summed E-state index contributed by atoms with van der Waals surface area (Å²) in [5, 5.41) is 3.39. The Kier molecular flexibility index (Phi) is 3.73. The van der Waals surface area contributed by atoms with Crippen LogP contribution < -0.4 is 10.2 Å². The first-order valence-corrected chi connectivity index (χ1v) is 9.16. The predicted octanol–water partition coefficient (Wildman–Crippen LogP) is 1.21. The minimum atomic E-state index is -2.78. The molecule has 0 radical (unpaired) electrons. The molecule has 2 atom stereocenters. The van der Waals surface area contributed by atoms with Crippen molar-refractivity contribution in [3.05, 3.63) is 29.8 Å². The van der Waals surface area contributed by atoms with E-state index in [4.69, 9.17) is 0 Å². The summed E-state index contributed by atoms with van der Waals surface area (Å²) in [5.74, 6) is 0.646. The number of benzene rings is 1. The molecule has 0 bridgehead atoms. The van der Waals surface area contributed by atoms with Gasteiger partial charge >= 0.3 is 0 Å². The van der Waals surface area contributed by atoms with Gasteiger partial charge in [-0.15, -0.1) is 0 Å². The fourth-order valence-electron chi connectivity index (χ4n) is 3.32. The van der Waals surface area contributed by atoms with Gasteiger partial charge in [0.05, 0.1) is 11.5 Å². The number of para-hydroxylation sites is 1. The van der Waals surface area contributed by atoms with Crippen molar-refractivity contribution in [1.29, 1.82) is 0 Å². The van der Waals surface area contributed by atoms with Crippen LogP contribution in [0.2, 0.25) is 0 Å². The number of anilines is 1. The average molecular weight is 294 g/mol. The molecule has 2 unspecified atom stereocenters. The third kappa shape index (κ3) is 2.83. The van der Waals surface area contributed by atoms with Crippen LogP contribution in [0.5, 0.6) is 0 Å². The van der Waals surface area contributed by atoms with Crippen LogP contribution in [0.25, 0.3) is 0 Å². The summed E-state index contributed by atoms with van der Waals surface area (Å²) in [4.78, 5) is 2.42. The molecule has 2 aliphatic heterocycles. The van der Waals surface area contributed by atoms with Crippen molar-refractivity contribution >= 4 is 15.5 Å². The van der Waals surface area contributed by atoms with E-state index in [0.717, 1.165) is 25.9 Å². The molecule has 0 amide bonds. The SMILES string of the molecule is CC1Cc2ccccc2N1CCNC1CCS(=O)(=O)C1. The lowest BCUT2D eigenvalue weighted by Crippen LogP contribution is -2.39. The van der Waals surface area contributed by atoms with Gasteiger partial charge in [-0.1, -0.05) is 18.2 Å². The zero-order chi connectivity index (χ0) is 14.2. The van der Waals surface area contributed by atoms with Gasteiger partial charge in [-0.25, -0.2) is 8.42 Å². The van der Waals surface area contributed by atoms with Gasteiger partial charge in [0.15, 0.2) is 9.84 Å². The van der Waals surface area contributed by atoms with E-state index < -0.39 is 9.84 Å². The second-order valence-corrected chi connectivity index (χ2v) is 8.16. The Morgan fingerprint density at radius 1 is 1.35 bits per heavy atom. The third-order valence-corrected chi connectivity index (χ3v) is 6.13. The molecule has 1 saturated heterocycles. The van der Waals surface area contributed by atoms with Crippen LogP contribution in [0.4, 0.5) is 5.69 Å². The molecule has 0 spiro atoms. The molecule has 3 rings (SSSR count). The summed E-state index contributed by atoms with van der Waals surface area (Å²) in [6.07, 6.45) is 1.86. The molecule has 1 N–H and O–H groups in total. The molecule has 4 nitrogen and oxygen atoms in total. The van der Waals surface area contributed by atoms with E-state index in [1.165, 1.54) is 11.3 Å². The molecule has 1 aromatic rings. The standard InChI is InChI=1S/C15H22N2O2S/c1-12-10-13-4-2-3-5-15(13)17(12)8-7-16-14-6-9-20(18,19)11-14/h2-5,12,14,16H,6-11H2,1H3. The zero-order valence-corrected chi connectivity index (χ0v) is 12.7. The Morgan fingerprint density at radius 3 is 2.90 bits per heavy atom. The fourth-order valence-corrected chi connectivity index (χ4v) is 5.02. The van der Waals surface area contributed by atoms with Crippen molar-refractivity contribution in [2.75, 3.05) is 29.5 Å². The van der Waals surface area contributed by atoms with Crippen LogP contribution >= 0.6 is 0 Å². The zero-order valence-electron chi connectivity index (χ0n) is 11.9. The number of hydrogen-bond acceptors (Lipinski definition) is 4. The first kappa shape index (κ1) is 13.9. The lowest BCUT2D eigenvalue weighted by Gasteiger charge is -2.25. The van der Waals surface area contributed by atoms with Gasteiger partial charge in [-0.2, -0.15) is 0 Å². The monoisotopic (exact) mass is 294 g/mol. The summed E-state index contributed by atoms with van der Waals surface area (Å²) in [5.41, 5.74) is 2.75. The highest BCUT2D eigenvalue weighted by atomic mass is 32.2. The van der Waals surface area contributed by atoms with E-state index in [2.05, 4.69) is 41.4 Å². The van der Waals surface area contributed by atoms with Gasteiger partial charge in [0.1, 0.15) is 0 Å². The molecule has 110 valence electrons. The number of sulfone groups is 1. The summed E-state index contributed by atoms with van der Waals surface area (Å²) < 4.78 is 22.9. The van der Waals surface area contributed by atoms with Crippen molar-refractivity contribution in [1.82, 2.24) is 5.32 Å². The molecule has 0 aliphatic carbocycles. The number of nitrogens with one attached hydrogen (secondary N) is 1. The molecule has 1 fully saturated rings. The Morgan fingerprint density at radius 2 is 2.15 bits per heavy atom. The molecule has 2 heterocycles. The molecule has 5 heteroatoms. The van der Waals surface area contributed by atoms with Crippen LogP contribution in [0, 0.1) is 0 Å². The predicted molar refractivity (Wildman–Crippen MR) is 82.0 cm³/mol. The van der Waals surface area contributed by atoms with E-state index in [1.54, 1.807) is 0 Å². The largest absolute Gasteiger partial charge is 0.367 e. The van der Waals surface area contributed by atoms with Gasteiger partial charge in [0.2, 0.25) is 0 Å². The number of nitrogens with zero attached hydrogens (tertiary/aromatic N) is 1. The number of hydrogen-bond donors (Lipinski definition) is 1. The molecular weight excluding hydrogens is 272 g/mol. The van der Waals surface area contributed by atoms with Crippen molar-refractivity contribution < 1.29 is 8.42 Å². The summed E-state index contributed by atoms with van der Waals surface area (Å²) in [7, 11) is -2.78. The average Bonchev–Trinajstić information content (AvgIpc) is 2.90. The van der Waals surface area contributed by atoms with Crippen LogP contribution in [0.3, 0.4) is 0 Å². The minimum Gasteiger partial charge on any atom is -0.367 e. The smallest absolute Gasteiger partial charge is 0.151 e. The van der Waals surface area contributed by atoms with Gasteiger partial charge < -0.3 is 10.2 Å². The Balaban J connectivity index is 1.54. The second-order valence-electron chi connectivity index (χ2n) is 5.93. The number of rotatable bonds is 4. The normalized spacial score (nSPS) is 27.8. The molecule has 2 aliphatic rings. The summed E-state index contributed by atoms with van der Waals surface area (Å²) in [6, 6.07) is 9.23. The van der Waals surface area contributed by atoms with Gasteiger partial charge in [-0.3, -0.25) is 0 Å². The Labute approximate surface area is 121 Å². The lowest BCUT2D eigenvalue weighted by molar-refractivity contribution is 0.541. The number of fused-ring (bicyclic) bond motifs is 1. The molecule has 1 aromatic carbocycles. The van der Waals surface area contributed by atoms with Gasteiger partial charge in [0.25, 0.3) is 0 Å². The van der Waals surface area contributed by atoms with E-state index in [1.807, 2.05) is 0 Å². The Bertz CT molecular complexity index is 585. The van der Waals surface area contributed by atoms with Crippen molar-refractivity contribution in [2.45, 2.75) is 31.8 Å². The lowest BCUT2D eigenvalue weighted by atomic mass is 10.1. The summed E-state index contributed by atoms with van der Waals surface area (Å²) in [6.45, 7) is 4.04. The van der Waals surface area contributed by atoms with Crippen molar-refractivity contribution in [3.63, 3.8) is 0 Å². The maximum absolute atomic E-state index is 11.4. The Hall–Kier alpha value is -1.07. The highest BCUT2D eigenvalue weighted by Crippen LogP contribution is 2.31.